The Hall–Kier alpha value is -1.04. The van der Waals surface area contributed by atoms with E-state index in [0.29, 0.717) is 5.92 Å². The Labute approximate surface area is 94.1 Å². The van der Waals surface area contributed by atoms with Gasteiger partial charge in [-0.25, -0.2) is 0 Å². The van der Waals surface area contributed by atoms with Crippen LogP contribution in [-0.4, -0.2) is 0 Å². The van der Waals surface area contributed by atoms with Crippen LogP contribution in [0.5, 0.6) is 0 Å². The van der Waals surface area contributed by atoms with Gasteiger partial charge in [0.1, 0.15) is 0 Å². The molecule has 0 spiro atoms. The molecule has 0 saturated heterocycles. The van der Waals surface area contributed by atoms with Crippen molar-refractivity contribution in [3.63, 3.8) is 0 Å². The molecule has 0 radical (unpaired) electrons. The molecular weight excluding hydrogens is 180 g/mol. The standard InChI is InChI=1S/C15H22/c1-4-8-14-9-6-5-7-10-15(12-11-14)13(2)3/h5-6,9,11-12,15H,2,4,7-8,10H2,1,3H3. The second-order valence-corrected chi connectivity index (χ2v) is 4.31. The first-order chi connectivity index (χ1) is 7.24. The summed E-state index contributed by atoms with van der Waals surface area (Å²) in [7, 11) is 0. The lowest BCUT2D eigenvalue weighted by Gasteiger charge is -2.10. The maximum atomic E-state index is 4.06. The maximum Gasteiger partial charge on any atom is -0.00226 e. The van der Waals surface area contributed by atoms with Crippen LogP contribution in [0.15, 0.2) is 48.1 Å². The van der Waals surface area contributed by atoms with Crippen LogP contribution in [0.2, 0.25) is 0 Å². The summed E-state index contributed by atoms with van der Waals surface area (Å²) in [5.41, 5.74) is 2.71. The van der Waals surface area contributed by atoms with Crippen molar-refractivity contribution >= 4 is 0 Å². The molecular formula is C15H22. The van der Waals surface area contributed by atoms with E-state index in [-0.39, 0.29) is 0 Å². The highest BCUT2D eigenvalue weighted by molar-refractivity contribution is 5.26. The SMILES string of the molecule is C=C(C)C1C=CC(CCC)=CC=CCC1. The van der Waals surface area contributed by atoms with Crippen molar-refractivity contribution in [2.45, 2.75) is 39.5 Å². The van der Waals surface area contributed by atoms with Gasteiger partial charge in [-0.3, -0.25) is 0 Å². The largest absolute Gasteiger partial charge is 0.0995 e. The molecule has 0 fully saturated rings. The molecule has 1 rings (SSSR count). The number of hydrogen-bond acceptors (Lipinski definition) is 0. The summed E-state index contributed by atoms with van der Waals surface area (Å²) in [5.74, 6) is 0.549. The zero-order valence-corrected chi connectivity index (χ0v) is 10.00. The lowest BCUT2D eigenvalue weighted by Crippen LogP contribution is -1.96. The molecule has 1 aliphatic rings. The maximum absolute atomic E-state index is 4.06. The van der Waals surface area contributed by atoms with Crippen molar-refractivity contribution < 1.29 is 0 Å². The van der Waals surface area contributed by atoms with Crippen LogP contribution in [0.1, 0.15) is 39.5 Å². The highest BCUT2D eigenvalue weighted by Gasteiger charge is 2.05. The molecule has 0 heteroatoms. The first-order valence-corrected chi connectivity index (χ1v) is 5.93. The minimum absolute atomic E-state index is 0.549. The fourth-order valence-corrected chi connectivity index (χ4v) is 1.82. The van der Waals surface area contributed by atoms with Crippen molar-refractivity contribution in [2.75, 3.05) is 0 Å². The van der Waals surface area contributed by atoms with E-state index >= 15 is 0 Å². The third-order valence-electron chi connectivity index (χ3n) is 2.80. The minimum atomic E-state index is 0.549. The van der Waals surface area contributed by atoms with Crippen molar-refractivity contribution in [3.05, 3.63) is 48.1 Å². The summed E-state index contributed by atoms with van der Waals surface area (Å²) in [5, 5.41) is 0. The summed E-state index contributed by atoms with van der Waals surface area (Å²) in [6.45, 7) is 8.41. The van der Waals surface area contributed by atoms with Crippen LogP contribution in [0.25, 0.3) is 0 Å². The first-order valence-electron chi connectivity index (χ1n) is 5.93. The van der Waals surface area contributed by atoms with E-state index in [1.165, 1.54) is 30.4 Å². The summed E-state index contributed by atoms with van der Waals surface area (Å²) in [6.07, 6.45) is 16.0. The van der Waals surface area contributed by atoms with Gasteiger partial charge in [-0.15, -0.1) is 0 Å². The average molecular weight is 202 g/mol. The second kappa shape index (κ2) is 6.44. The van der Waals surface area contributed by atoms with E-state index in [2.05, 4.69) is 50.8 Å². The van der Waals surface area contributed by atoms with Crippen LogP contribution in [0.4, 0.5) is 0 Å². The molecule has 0 saturated carbocycles. The smallest absolute Gasteiger partial charge is 0.00226 e. The average Bonchev–Trinajstić information content (AvgIpc) is 2.30. The Bertz CT molecular complexity index is 289. The van der Waals surface area contributed by atoms with Crippen molar-refractivity contribution in [1.29, 1.82) is 0 Å². The molecule has 0 aromatic carbocycles. The van der Waals surface area contributed by atoms with E-state index in [1.54, 1.807) is 0 Å². The fourth-order valence-electron chi connectivity index (χ4n) is 1.82. The van der Waals surface area contributed by atoms with Crippen molar-refractivity contribution in [3.8, 4) is 0 Å². The molecule has 0 aromatic rings. The first kappa shape index (κ1) is 12.0. The fraction of sp³-hybridized carbons (Fsp3) is 0.467. The predicted molar refractivity (Wildman–Crippen MR) is 68.8 cm³/mol. The molecule has 0 nitrogen and oxygen atoms in total. The van der Waals surface area contributed by atoms with Gasteiger partial charge in [-0.1, -0.05) is 55.9 Å². The summed E-state index contributed by atoms with van der Waals surface area (Å²) in [6, 6.07) is 0. The minimum Gasteiger partial charge on any atom is -0.0995 e. The molecule has 0 aliphatic heterocycles. The van der Waals surface area contributed by atoms with Crippen LogP contribution >= 0.6 is 0 Å². The van der Waals surface area contributed by atoms with Crippen LogP contribution in [-0.2, 0) is 0 Å². The Morgan fingerprint density at radius 3 is 3.00 bits per heavy atom. The molecule has 0 amide bonds. The Kier molecular flexibility index (Phi) is 5.17. The number of rotatable bonds is 3. The number of hydrogen-bond donors (Lipinski definition) is 0. The van der Waals surface area contributed by atoms with Crippen molar-refractivity contribution in [2.24, 2.45) is 5.92 Å². The lowest BCUT2D eigenvalue weighted by molar-refractivity contribution is 0.686. The normalized spacial score (nSPS) is 21.5. The number of allylic oxidation sites excluding steroid dienone is 7. The topological polar surface area (TPSA) is 0 Å². The third kappa shape index (κ3) is 4.33. The van der Waals surface area contributed by atoms with E-state index in [1.807, 2.05) is 0 Å². The Balaban J connectivity index is 2.77. The molecule has 0 N–H and O–H groups in total. The van der Waals surface area contributed by atoms with Gasteiger partial charge >= 0.3 is 0 Å². The van der Waals surface area contributed by atoms with Gasteiger partial charge in [0.2, 0.25) is 0 Å². The molecule has 1 aliphatic carbocycles. The third-order valence-corrected chi connectivity index (χ3v) is 2.80. The zero-order chi connectivity index (χ0) is 11.1. The summed E-state index contributed by atoms with van der Waals surface area (Å²) in [4.78, 5) is 0. The summed E-state index contributed by atoms with van der Waals surface area (Å²) >= 11 is 0. The van der Waals surface area contributed by atoms with E-state index in [0.717, 1.165) is 6.42 Å². The van der Waals surface area contributed by atoms with Crippen LogP contribution < -0.4 is 0 Å². The molecule has 0 aromatic heterocycles. The van der Waals surface area contributed by atoms with E-state index in [9.17, 15) is 0 Å². The highest BCUT2D eigenvalue weighted by Crippen LogP contribution is 2.20. The van der Waals surface area contributed by atoms with Gasteiger partial charge < -0.3 is 0 Å². The molecule has 0 heterocycles. The van der Waals surface area contributed by atoms with Gasteiger partial charge in [0.05, 0.1) is 0 Å². The van der Waals surface area contributed by atoms with Gasteiger partial charge in [0, 0.05) is 0 Å². The molecule has 1 unspecified atom stereocenters. The highest BCUT2D eigenvalue weighted by atomic mass is 14.1. The second-order valence-electron chi connectivity index (χ2n) is 4.31. The van der Waals surface area contributed by atoms with Crippen molar-refractivity contribution in [1.82, 2.24) is 0 Å². The molecule has 0 bridgehead atoms. The van der Waals surface area contributed by atoms with E-state index in [4.69, 9.17) is 0 Å². The Morgan fingerprint density at radius 1 is 1.53 bits per heavy atom. The molecule has 15 heavy (non-hydrogen) atoms. The molecule has 82 valence electrons. The Morgan fingerprint density at radius 2 is 2.33 bits per heavy atom. The predicted octanol–water partition coefficient (Wildman–Crippen LogP) is 4.81. The molecule has 1 atom stereocenters. The summed E-state index contributed by atoms with van der Waals surface area (Å²) < 4.78 is 0. The van der Waals surface area contributed by atoms with Crippen LogP contribution in [0.3, 0.4) is 0 Å². The van der Waals surface area contributed by atoms with Gasteiger partial charge in [0.25, 0.3) is 0 Å². The van der Waals surface area contributed by atoms with Crippen LogP contribution in [0, 0.1) is 5.92 Å². The van der Waals surface area contributed by atoms with E-state index < -0.39 is 0 Å². The lowest BCUT2D eigenvalue weighted by atomic mass is 9.95. The zero-order valence-electron chi connectivity index (χ0n) is 10.00. The van der Waals surface area contributed by atoms with Gasteiger partial charge in [0.15, 0.2) is 0 Å². The van der Waals surface area contributed by atoms with Gasteiger partial charge in [-0.05, 0) is 37.7 Å². The monoisotopic (exact) mass is 202 g/mol. The quantitative estimate of drug-likeness (QED) is 0.576. The van der Waals surface area contributed by atoms with Gasteiger partial charge in [-0.2, -0.15) is 0 Å².